The van der Waals surface area contributed by atoms with Crippen LogP contribution in [0.5, 0.6) is 0 Å². The zero-order valence-electron chi connectivity index (χ0n) is 10.2. The summed E-state index contributed by atoms with van der Waals surface area (Å²) in [6.07, 6.45) is 2.45. The summed E-state index contributed by atoms with van der Waals surface area (Å²) in [6, 6.07) is 5.16. The molecule has 3 rings (SSSR count). The molecule has 2 aromatic rings. The summed E-state index contributed by atoms with van der Waals surface area (Å²) in [4.78, 5) is 15.7. The molecule has 5 N–H and O–H groups in total. The predicted molar refractivity (Wildman–Crippen MR) is 76.7 cm³/mol. The van der Waals surface area contributed by atoms with Gasteiger partial charge in [-0.25, -0.2) is 4.98 Å². The minimum absolute atomic E-state index is 0.323. The molecule has 1 aromatic carbocycles. The zero-order valence-corrected chi connectivity index (χ0v) is 11.0. The van der Waals surface area contributed by atoms with Crippen molar-refractivity contribution in [2.45, 2.75) is 18.8 Å². The van der Waals surface area contributed by atoms with E-state index >= 15 is 0 Å². The molecule has 1 aromatic heterocycles. The summed E-state index contributed by atoms with van der Waals surface area (Å²) < 4.78 is 0. The van der Waals surface area contributed by atoms with E-state index in [1.54, 1.807) is 29.5 Å². The maximum atomic E-state index is 11.2. The fraction of sp³-hybridized carbons (Fsp3) is 0.231. The van der Waals surface area contributed by atoms with Crippen molar-refractivity contribution in [3.63, 3.8) is 0 Å². The molecule has 1 aliphatic carbocycles. The fourth-order valence-electron chi connectivity index (χ4n) is 1.91. The lowest BCUT2D eigenvalue weighted by Gasteiger charge is -2.09. The molecule has 0 aliphatic heterocycles. The molecule has 1 aliphatic rings. The normalized spacial score (nSPS) is 14.3. The minimum Gasteiger partial charge on any atom is -0.396 e. The summed E-state index contributed by atoms with van der Waals surface area (Å²) in [6.45, 7) is 0. The Morgan fingerprint density at radius 3 is 2.89 bits per heavy atom. The van der Waals surface area contributed by atoms with Gasteiger partial charge in [-0.1, -0.05) is 6.07 Å². The second-order valence-electron chi connectivity index (χ2n) is 4.61. The molecular weight excluding hydrogens is 260 g/mol. The molecule has 5 nitrogen and oxygen atoms in total. The van der Waals surface area contributed by atoms with Crippen molar-refractivity contribution in [1.29, 1.82) is 0 Å². The fourth-order valence-corrected chi connectivity index (χ4v) is 2.72. The lowest BCUT2D eigenvalue weighted by molar-refractivity contribution is 0.100. The van der Waals surface area contributed by atoms with Crippen LogP contribution in [-0.4, -0.2) is 10.9 Å². The van der Waals surface area contributed by atoms with Crippen LogP contribution in [0.3, 0.4) is 0 Å². The first-order valence-electron chi connectivity index (χ1n) is 6.06. The number of nitrogen functional groups attached to an aromatic ring is 1. The number of anilines is 3. The molecule has 1 fully saturated rings. The third-order valence-corrected chi connectivity index (χ3v) is 3.91. The van der Waals surface area contributed by atoms with E-state index in [9.17, 15) is 4.79 Å². The van der Waals surface area contributed by atoms with E-state index in [1.807, 2.05) is 0 Å². The van der Waals surface area contributed by atoms with Gasteiger partial charge in [-0.05, 0) is 25.0 Å². The van der Waals surface area contributed by atoms with Gasteiger partial charge in [0.05, 0.1) is 22.6 Å². The Morgan fingerprint density at radius 1 is 1.42 bits per heavy atom. The molecule has 98 valence electrons. The molecule has 0 bridgehead atoms. The Labute approximate surface area is 114 Å². The number of aromatic nitrogens is 1. The first kappa shape index (κ1) is 12.0. The van der Waals surface area contributed by atoms with Gasteiger partial charge in [-0.3, -0.25) is 4.79 Å². The Morgan fingerprint density at radius 2 is 2.21 bits per heavy atom. The van der Waals surface area contributed by atoms with Crippen LogP contribution in [0.15, 0.2) is 23.6 Å². The third-order valence-electron chi connectivity index (χ3n) is 3.13. The van der Waals surface area contributed by atoms with Gasteiger partial charge in [0.25, 0.3) is 5.91 Å². The highest BCUT2D eigenvalue weighted by atomic mass is 32.1. The standard InChI is InChI=1S/C13H14N4OS/c14-11-8(12(15)18)2-1-3-9(11)16-13-17-10(6-19-13)7-4-5-7/h1-3,6-7H,4-5,14H2,(H2,15,18)(H,16,17). The van der Waals surface area contributed by atoms with Crippen molar-refractivity contribution in [1.82, 2.24) is 4.98 Å². The largest absolute Gasteiger partial charge is 0.396 e. The SMILES string of the molecule is NC(=O)c1cccc(Nc2nc(C3CC3)cs2)c1N. The van der Waals surface area contributed by atoms with Crippen molar-refractivity contribution >= 4 is 33.8 Å². The number of amides is 1. The molecular formula is C13H14N4OS. The third kappa shape index (κ3) is 2.39. The predicted octanol–water partition coefficient (Wildman–Crippen LogP) is 2.45. The van der Waals surface area contributed by atoms with Gasteiger partial charge in [0.15, 0.2) is 5.13 Å². The summed E-state index contributed by atoms with van der Waals surface area (Å²) in [5, 5.41) is 6.00. The number of thiazole rings is 1. The molecule has 0 unspecified atom stereocenters. The van der Waals surface area contributed by atoms with Crippen molar-refractivity contribution in [2.24, 2.45) is 5.73 Å². The average molecular weight is 274 g/mol. The molecule has 6 heteroatoms. The maximum Gasteiger partial charge on any atom is 0.250 e. The number of benzene rings is 1. The van der Waals surface area contributed by atoms with Crippen LogP contribution in [-0.2, 0) is 0 Å². The maximum absolute atomic E-state index is 11.2. The molecule has 0 atom stereocenters. The van der Waals surface area contributed by atoms with Crippen LogP contribution in [0.2, 0.25) is 0 Å². The van der Waals surface area contributed by atoms with Gasteiger partial charge in [0.2, 0.25) is 0 Å². The lowest BCUT2D eigenvalue weighted by Crippen LogP contribution is -2.14. The highest BCUT2D eigenvalue weighted by molar-refractivity contribution is 7.13. The van der Waals surface area contributed by atoms with Crippen LogP contribution < -0.4 is 16.8 Å². The van der Waals surface area contributed by atoms with Crippen LogP contribution in [0.25, 0.3) is 0 Å². The highest BCUT2D eigenvalue weighted by Crippen LogP contribution is 2.41. The molecule has 1 heterocycles. The van der Waals surface area contributed by atoms with Crippen molar-refractivity contribution in [3.8, 4) is 0 Å². The minimum atomic E-state index is -0.529. The number of carbonyl (C=O) groups is 1. The number of rotatable bonds is 4. The van der Waals surface area contributed by atoms with E-state index in [4.69, 9.17) is 11.5 Å². The summed E-state index contributed by atoms with van der Waals surface area (Å²) >= 11 is 1.54. The first-order chi connectivity index (χ1) is 9.15. The number of carbonyl (C=O) groups excluding carboxylic acids is 1. The van der Waals surface area contributed by atoms with E-state index in [0.29, 0.717) is 22.9 Å². The lowest BCUT2D eigenvalue weighted by atomic mass is 10.1. The van der Waals surface area contributed by atoms with Gasteiger partial charge >= 0.3 is 0 Å². The van der Waals surface area contributed by atoms with Gasteiger partial charge in [-0.15, -0.1) is 11.3 Å². The second kappa shape index (κ2) is 4.55. The number of nitrogens with one attached hydrogen (secondary N) is 1. The number of hydrogen-bond acceptors (Lipinski definition) is 5. The Bertz CT molecular complexity index is 633. The topological polar surface area (TPSA) is 94.0 Å². The molecule has 0 spiro atoms. The second-order valence-corrected chi connectivity index (χ2v) is 5.47. The quantitative estimate of drug-likeness (QED) is 0.746. The number of nitrogens with two attached hydrogens (primary N) is 2. The van der Waals surface area contributed by atoms with Crippen molar-refractivity contribution in [3.05, 3.63) is 34.8 Å². The Hall–Kier alpha value is -2.08. The number of nitrogens with zero attached hydrogens (tertiary/aromatic N) is 1. The van der Waals surface area contributed by atoms with Gasteiger partial charge in [0.1, 0.15) is 0 Å². The van der Waals surface area contributed by atoms with Gasteiger partial charge in [-0.2, -0.15) is 0 Å². The van der Waals surface area contributed by atoms with Crippen molar-refractivity contribution < 1.29 is 4.79 Å². The smallest absolute Gasteiger partial charge is 0.250 e. The number of primary amides is 1. The van der Waals surface area contributed by atoms with Crippen LogP contribution in [0.1, 0.15) is 34.8 Å². The molecule has 19 heavy (non-hydrogen) atoms. The van der Waals surface area contributed by atoms with Crippen molar-refractivity contribution in [2.75, 3.05) is 11.1 Å². The van der Waals surface area contributed by atoms with Gasteiger partial charge in [0, 0.05) is 11.3 Å². The summed E-state index contributed by atoms with van der Waals surface area (Å²) in [7, 11) is 0. The highest BCUT2D eigenvalue weighted by Gasteiger charge is 2.26. The summed E-state index contributed by atoms with van der Waals surface area (Å²) in [5.41, 5.74) is 13.7. The Kier molecular flexibility index (Phi) is 2.87. The van der Waals surface area contributed by atoms with Crippen LogP contribution >= 0.6 is 11.3 Å². The molecule has 1 amide bonds. The Balaban J connectivity index is 1.85. The van der Waals surface area contributed by atoms with Gasteiger partial charge < -0.3 is 16.8 Å². The van der Waals surface area contributed by atoms with Crippen LogP contribution in [0, 0.1) is 0 Å². The first-order valence-corrected chi connectivity index (χ1v) is 6.94. The van der Waals surface area contributed by atoms with E-state index in [0.717, 1.165) is 10.8 Å². The zero-order chi connectivity index (χ0) is 13.4. The number of hydrogen-bond donors (Lipinski definition) is 3. The van der Waals surface area contributed by atoms with E-state index in [2.05, 4.69) is 15.7 Å². The van der Waals surface area contributed by atoms with E-state index in [1.165, 1.54) is 12.8 Å². The summed E-state index contributed by atoms with van der Waals surface area (Å²) in [5.74, 6) is 0.0973. The molecule has 1 saturated carbocycles. The van der Waals surface area contributed by atoms with E-state index < -0.39 is 5.91 Å². The monoisotopic (exact) mass is 274 g/mol. The van der Waals surface area contributed by atoms with E-state index in [-0.39, 0.29) is 0 Å². The van der Waals surface area contributed by atoms with Crippen LogP contribution in [0.4, 0.5) is 16.5 Å². The number of para-hydroxylation sites is 1. The molecule has 0 radical (unpaired) electrons. The molecule has 0 saturated heterocycles. The average Bonchev–Trinajstić information content (AvgIpc) is 3.12.